The number of furan rings is 1. The quantitative estimate of drug-likeness (QED) is 0.615. The topological polar surface area (TPSA) is 68.5 Å². The van der Waals surface area contributed by atoms with Crippen LogP contribution in [0, 0.1) is 0 Å². The number of rotatable bonds is 6. The molecule has 0 fully saturated rings. The van der Waals surface area contributed by atoms with Crippen molar-refractivity contribution in [3.63, 3.8) is 0 Å². The summed E-state index contributed by atoms with van der Waals surface area (Å²) in [6.45, 7) is -0.239. The smallest absolute Gasteiger partial charge is 0.416 e. The van der Waals surface area contributed by atoms with Gasteiger partial charge in [0, 0.05) is 0 Å². The SMILES string of the molecule is O=C(N[C@H](C(=O)OCc1ccc(C(F)(F)F)cc1)c1ccccc1)c1ccco1. The van der Waals surface area contributed by atoms with Crippen LogP contribution < -0.4 is 5.32 Å². The first-order valence-corrected chi connectivity index (χ1v) is 8.56. The van der Waals surface area contributed by atoms with E-state index in [0.717, 1.165) is 12.1 Å². The summed E-state index contributed by atoms with van der Waals surface area (Å²) in [6, 6.07) is 14.6. The number of halogens is 3. The molecule has 1 amide bonds. The molecule has 0 spiro atoms. The number of hydrogen-bond acceptors (Lipinski definition) is 4. The van der Waals surface area contributed by atoms with Gasteiger partial charge in [-0.15, -0.1) is 0 Å². The van der Waals surface area contributed by atoms with Crippen LogP contribution in [0.15, 0.2) is 77.4 Å². The predicted octanol–water partition coefficient (Wildman–Crippen LogP) is 4.51. The van der Waals surface area contributed by atoms with Crippen molar-refractivity contribution in [2.24, 2.45) is 0 Å². The first-order valence-electron chi connectivity index (χ1n) is 8.56. The van der Waals surface area contributed by atoms with E-state index in [2.05, 4.69) is 5.32 Å². The van der Waals surface area contributed by atoms with Gasteiger partial charge in [-0.05, 0) is 35.4 Å². The molecule has 1 N–H and O–H groups in total. The second-order valence-corrected chi connectivity index (χ2v) is 6.10. The Bertz CT molecular complexity index is 952. The van der Waals surface area contributed by atoms with Crippen molar-refractivity contribution in [2.45, 2.75) is 18.8 Å². The highest BCUT2D eigenvalue weighted by atomic mass is 19.4. The van der Waals surface area contributed by atoms with Gasteiger partial charge in [-0.1, -0.05) is 42.5 Å². The third-order valence-electron chi connectivity index (χ3n) is 4.05. The van der Waals surface area contributed by atoms with Crippen molar-refractivity contribution in [1.82, 2.24) is 5.32 Å². The summed E-state index contributed by atoms with van der Waals surface area (Å²) in [7, 11) is 0. The first kappa shape index (κ1) is 20.2. The molecule has 0 bridgehead atoms. The number of esters is 1. The average molecular weight is 403 g/mol. The van der Waals surface area contributed by atoms with Crippen LogP contribution in [-0.2, 0) is 22.3 Å². The van der Waals surface area contributed by atoms with Gasteiger partial charge in [-0.25, -0.2) is 4.79 Å². The van der Waals surface area contributed by atoms with Crippen molar-refractivity contribution in [3.8, 4) is 0 Å². The van der Waals surface area contributed by atoms with E-state index in [1.54, 1.807) is 30.3 Å². The van der Waals surface area contributed by atoms with Gasteiger partial charge in [-0.2, -0.15) is 13.2 Å². The van der Waals surface area contributed by atoms with Gasteiger partial charge < -0.3 is 14.5 Å². The largest absolute Gasteiger partial charge is 0.459 e. The van der Waals surface area contributed by atoms with E-state index >= 15 is 0 Å². The van der Waals surface area contributed by atoms with Gasteiger partial charge in [-0.3, -0.25) is 4.79 Å². The van der Waals surface area contributed by atoms with E-state index in [0.29, 0.717) is 11.1 Å². The Morgan fingerprint density at radius 1 is 0.966 bits per heavy atom. The third kappa shape index (κ3) is 5.25. The number of amides is 1. The van der Waals surface area contributed by atoms with Crippen molar-refractivity contribution in [1.29, 1.82) is 0 Å². The lowest BCUT2D eigenvalue weighted by Crippen LogP contribution is -2.34. The summed E-state index contributed by atoms with van der Waals surface area (Å²) in [5.41, 5.74) is 0.0841. The highest BCUT2D eigenvalue weighted by Crippen LogP contribution is 2.29. The zero-order valence-corrected chi connectivity index (χ0v) is 15.0. The summed E-state index contributed by atoms with van der Waals surface area (Å²) < 4.78 is 48.1. The minimum absolute atomic E-state index is 0.0291. The molecule has 8 heteroatoms. The minimum atomic E-state index is -4.44. The number of carbonyl (C=O) groups excluding carboxylic acids is 2. The summed E-state index contributed by atoms with van der Waals surface area (Å²) in [5, 5.41) is 2.54. The number of nitrogens with one attached hydrogen (secondary N) is 1. The summed E-state index contributed by atoms with van der Waals surface area (Å²) in [6.07, 6.45) is -3.11. The van der Waals surface area contributed by atoms with Crippen molar-refractivity contribution < 1.29 is 31.9 Å². The molecule has 1 atom stereocenters. The summed E-state index contributed by atoms with van der Waals surface area (Å²) >= 11 is 0. The Hall–Kier alpha value is -3.55. The fourth-order valence-corrected chi connectivity index (χ4v) is 2.56. The molecule has 0 saturated carbocycles. The number of carbonyl (C=O) groups is 2. The molecule has 0 radical (unpaired) electrons. The van der Waals surface area contributed by atoms with Gasteiger partial charge in [0.05, 0.1) is 11.8 Å². The van der Waals surface area contributed by atoms with E-state index in [1.807, 2.05) is 0 Å². The highest BCUT2D eigenvalue weighted by Gasteiger charge is 2.30. The van der Waals surface area contributed by atoms with Crippen LogP contribution in [0.2, 0.25) is 0 Å². The molecule has 3 aromatic rings. The molecule has 0 aliphatic heterocycles. The molecule has 2 aromatic carbocycles. The lowest BCUT2D eigenvalue weighted by Gasteiger charge is -2.17. The van der Waals surface area contributed by atoms with E-state index < -0.39 is 29.7 Å². The molecule has 29 heavy (non-hydrogen) atoms. The van der Waals surface area contributed by atoms with Gasteiger partial charge >= 0.3 is 12.1 Å². The highest BCUT2D eigenvalue weighted by molar-refractivity contribution is 5.94. The lowest BCUT2D eigenvalue weighted by atomic mass is 10.1. The molecular formula is C21H16F3NO4. The molecule has 3 rings (SSSR count). The predicted molar refractivity (Wildman–Crippen MR) is 96.6 cm³/mol. The number of hydrogen-bond donors (Lipinski definition) is 1. The molecule has 1 heterocycles. The van der Waals surface area contributed by atoms with Crippen LogP contribution in [0.5, 0.6) is 0 Å². The summed E-state index contributed by atoms with van der Waals surface area (Å²) in [5.74, 6) is -1.33. The molecular weight excluding hydrogens is 387 g/mol. The van der Waals surface area contributed by atoms with Crippen LogP contribution in [0.1, 0.15) is 33.3 Å². The van der Waals surface area contributed by atoms with Gasteiger partial charge in [0.25, 0.3) is 5.91 Å². The molecule has 0 saturated heterocycles. The maximum atomic E-state index is 12.6. The Labute approximate surface area is 164 Å². The zero-order chi connectivity index (χ0) is 20.9. The van der Waals surface area contributed by atoms with E-state index in [9.17, 15) is 22.8 Å². The zero-order valence-electron chi connectivity index (χ0n) is 15.0. The van der Waals surface area contributed by atoms with Crippen LogP contribution in [-0.4, -0.2) is 11.9 Å². The molecule has 0 unspecified atom stereocenters. The fourth-order valence-electron chi connectivity index (χ4n) is 2.56. The van der Waals surface area contributed by atoms with Crippen LogP contribution >= 0.6 is 0 Å². The second kappa shape index (κ2) is 8.64. The summed E-state index contributed by atoms with van der Waals surface area (Å²) in [4.78, 5) is 24.9. The molecule has 0 aliphatic rings. The molecule has 150 valence electrons. The monoisotopic (exact) mass is 403 g/mol. The van der Waals surface area contributed by atoms with Gasteiger partial charge in [0.1, 0.15) is 6.61 Å². The molecule has 5 nitrogen and oxygen atoms in total. The molecule has 1 aromatic heterocycles. The lowest BCUT2D eigenvalue weighted by molar-refractivity contribution is -0.147. The van der Waals surface area contributed by atoms with E-state index in [-0.39, 0.29) is 12.4 Å². The van der Waals surface area contributed by atoms with Crippen molar-refractivity contribution in [3.05, 3.63) is 95.4 Å². The maximum Gasteiger partial charge on any atom is 0.416 e. The van der Waals surface area contributed by atoms with Crippen molar-refractivity contribution in [2.75, 3.05) is 0 Å². The average Bonchev–Trinajstić information content (AvgIpc) is 3.25. The van der Waals surface area contributed by atoms with E-state index in [1.165, 1.54) is 30.5 Å². The van der Waals surface area contributed by atoms with Crippen LogP contribution in [0.4, 0.5) is 13.2 Å². The number of ether oxygens (including phenoxy) is 1. The second-order valence-electron chi connectivity index (χ2n) is 6.10. The number of benzene rings is 2. The molecule has 0 aliphatic carbocycles. The maximum absolute atomic E-state index is 12.6. The Morgan fingerprint density at radius 3 is 2.24 bits per heavy atom. The van der Waals surface area contributed by atoms with Gasteiger partial charge in [0.15, 0.2) is 11.8 Å². The Morgan fingerprint density at radius 2 is 1.66 bits per heavy atom. The van der Waals surface area contributed by atoms with Gasteiger partial charge in [0.2, 0.25) is 0 Å². The standard InChI is InChI=1S/C21H16F3NO4/c22-21(23,24)16-10-8-14(9-11-16)13-29-20(27)18(15-5-2-1-3-6-15)25-19(26)17-7-4-12-28-17/h1-12,18H,13H2,(H,25,26)/t18-/m0/s1. The minimum Gasteiger partial charge on any atom is -0.459 e. The van der Waals surface area contributed by atoms with Crippen LogP contribution in [0.3, 0.4) is 0 Å². The third-order valence-corrected chi connectivity index (χ3v) is 4.05. The normalized spacial score (nSPS) is 12.2. The van der Waals surface area contributed by atoms with Crippen LogP contribution in [0.25, 0.3) is 0 Å². The van der Waals surface area contributed by atoms with E-state index in [4.69, 9.17) is 9.15 Å². The van der Waals surface area contributed by atoms with Crippen molar-refractivity contribution >= 4 is 11.9 Å². The first-order chi connectivity index (χ1) is 13.8. The fraction of sp³-hybridized carbons (Fsp3) is 0.143. The Balaban J connectivity index is 1.70. The number of alkyl halides is 3. The Kier molecular flexibility index (Phi) is 6.01.